The van der Waals surface area contributed by atoms with Crippen molar-refractivity contribution < 1.29 is 4.79 Å². The third-order valence-corrected chi connectivity index (χ3v) is 6.61. The predicted molar refractivity (Wildman–Crippen MR) is 117 cm³/mol. The first kappa shape index (κ1) is 20.6. The zero-order chi connectivity index (χ0) is 20.4. The zero-order valence-electron chi connectivity index (χ0n) is 16.8. The van der Waals surface area contributed by atoms with Gasteiger partial charge in [0.15, 0.2) is 5.82 Å². The van der Waals surface area contributed by atoms with Crippen LogP contribution in [0.15, 0.2) is 24.3 Å². The van der Waals surface area contributed by atoms with Gasteiger partial charge in [-0.1, -0.05) is 18.5 Å². The van der Waals surface area contributed by atoms with Gasteiger partial charge in [0.1, 0.15) is 0 Å². The lowest BCUT2D eigenvalue weighted by atomic mass is 9.93. The number of carbonyl (C=O) groups is 1. The Morgan fingerprint density at radius 2 is 1.93 bits per heavy atom. The molecule has 156 valence electrons. The number of piperidine rings is 2. The average Bonchev–Trinajstić information content (AvgIpc) is 3.09. The minimum absolute atomic E-state index is 0.163. The molecule has 29 heavy (non-hydrogen) atoms. The van der Waals surface area contributed by atoms with Gasteiger partial charge in [0.05, 0.1) is 6.67 Å². The molecule has 4 rings (SSSR count). The molecule has 2 fully saturated rings. The zero-order valence-corrected chi connectivity index (χ0v) is 18.4. The molecule has 0 aliphatic carbocycles. The van der Waals surface area contributed by atoms with Crippen molar-refractivity contribution >= 4 is 29.7 Å². The molecule has 6 nitrogen and oxygen atoms in total. The van der Waals surface area contributed by atoms with Crippen molar-refractivity contribution in [3.8, 4) is 11.4 Å². The van der Waals surface area contributed by atoms with Gasteiger partial charge in [-0.2, -0.15) is 4.98 Å². The molecule has 2 aliphatic heterocycles. The van der Waals surface area contributed by atoms with Gasteiger partial charge in [0, 0.05) is 42.7 Å². The van der Waals surface area contributed by atoms with E-state index in [2.05, 4.69) is 26.8 Å². The van der Waals surface area contributed by atoms with Crippen molar-refractivity contribution in [3.63, 3.8) is 0 Å². The van der Waals surface area contributed by atoms with Crippen LogP contribution < -0.4 is 0 Å². The van der Waals surface area contributed by atoms with Crippen LogP contribution in [0.25, 0.3) is 11.4 Å². The van der Waals surface area contributed by atoms with E-state index in [0.29, 0.717) is 28.3 Å². The van der Waals surface area contributed by atoms with E-state index in [9.17, 15) is 4.79 Å². The maximum absolute atomic E-state index is 12.9. The van der Waals surface area contributed by atoms with Gasteiger partial charge < -0.3 is 4.90 Å². The molecule has 0 spiro atoms. The summed E-state index contributed by atoms with van der Waals surface area (Å²) in [4.78, 5) is 21.8. The van der Waals surface area contributed by atoms with E-state index in [1.165, 1.54) is 6.42 Å². The molecule has 1 unspecified atom stereocenters. The molecule has 2 aromatic rings. The molecule has 1 aromatic carbocycles. The smallest absolute Gasteiger partial charge is 0.225 e. The molecule has 1 atom stereocenters. The lowest BCUT2D eigenvalue weighted by Crippen LogP contribution is -2.46. The van der Waals surface area contributed by atoms with E-state index in [1.54, 1.807) is 0 Å². The van der Waals surface area contributed by atoms with E-state index in [1.807, 2.05) is 28.9 Å². The highest BCUT2D eigenvalue weighted by Crippen LogP contribution is 2.24. The van der Waals surface area contributed by atoms with Crippen LogP contribution in [0.2, 0.25) is 5.02 Å². The maximum atomic E-state index is 12.9. The highest BCUT2D eigenvalue weighted by molar-refractivity contribution is 7.71. The molecule has 1 amide bonds. The number of benzene rings is 1. The normalized spacial score (nSPS) is 21.4. The fourth-order valence-corrected chi connectivity index (χ4v) is 4.68. The quantitative estimate of drug-likeness (QED) is 0.734. The van der Waals surface area contributed by atoms with E-state index < -0.39 is 0 Å². The summed E-state index contributed by atoms with van der Waals surface area (Å²) < 4.78 is 2.43. The second-order valence-corrected chi connectivity index (χ2v) is 9.16. The number of H-pyrrole nitrogens is 1. The Morgan fingerprint density at radius 3 is 2.62 bits per heavy atom. The van der Waals surface area contributed by atoms with Gasteiger partial charge in [-0.05, 0) is 68.1 Å². The topological polar surface area (TPSA) is 57.2 Å². The first-order valence-electron chi connectivity index (χ1n) is 10.4. The number of likely N-dealkylation sites (tertiary alicyclic amines) is 2. The van der Waals surface area contributed by atoms with Crippen LogP contribution in [0.5, 0.6) is 0 Å². The predicted octanol–water partition coefficient (Wildman–Crippen LogP) is 4.19. The fraction of sp³-hybridized carbons (Fsp3) is 0.571. The first-order valence-corrected chi connectivity index (χ1v) is 11.2. The highest BCUT2D eigenvalue weighted by atomic mass is 35.5. The van der Waals surface area contributed by atoms with E-state index in [-0.39, 0.29) is 5.92 Å². The largest absolute Gasteiger partial charge is 0.342 e. The number of nitrogens with zero attached hydrogens (tertiary/aromatic N) is 4. The van der Waals surface area contributed by atoms with Crippen LogP contribution in [-0.2, 0) is 11.5 Å². The number of amides is 1. The summed E-state index contributed by atoms with van der Waals surface area (Å²) in [6.45, 7) is 6.57. The molecule has 1 aromatic heterocycles. The van der Waals surface area contributed by atoms with E-state index in [0.717, 1.165) is 56.8 Å². The lowest BCUT2D eigenvalue weighted by Gasteiger charge is -2.37. The summed E-state index contributed by atoms with van der Waals surface area (Å²) in [5.74, 6) is 1.90. The molecule has 2 aliphatic rings. The highest BCUT2D eigenvalue weighted by Gasteiger charge is 2.30. The van der Waals surface area contributed by atoms with Gasteiger partial charge >= 0.3 is 0 Å². The Labute approximate surface area is 181 Å². The molecule has 0 bridgehead atoms. The monoisotopic (exact) mass is 433 g/mol. The first-order chi connectivity index (χ1) is 14.0. The van der Waals surface area contributed by atoms with Gasteiger partial charge in [0.2, 0.25) is 10.7 Å². The summed E-state index contributed by atoms with van der Waals surface area (Å²) in [5, 5.41) is 3.99. The van der Waals surface area contributed by atoms with Crippen molar-refractivity contribution in [3.05, 3.63) is 34.1 Å². The number of aromatic nitrogens is 3. The molecular formula is C21H28ClN5OS. The molecule has 3 heterocycles. The summed E-state index contributed by atoms with van der Waals surface area (Å²) >= 11 is 11.4. The van der Waals surface area contributed by atoms with Gasteiger partial charge in [0.25, 0.3) is 0 Å². The Kier molecular flexibility index (Phi) is 6.37. The SMILES string of the molecule is CC1CCCN(C(=O)C2CCN(Cn3[nH]c(-c4ccc(Cl)cc4)nc3=S)CC2)C1. The number of hydrogen-bond donors (Lipinski definition) is 1. The molecule has 2 saturated heterocycles. The second-order valence-electron chi connectivity index (χ2n) is 8.36. The number of rotatable bonds is 4. The van der Waals surface area contributed by atoms with E-state index >= 15 is 0 Å². The summed E-state index contributed by atoms with van der Waals surface area (Å²) in [5.41, 5.74) is 0.958. The summed E-state index contributed by atoms with van der Waals surface area (Å²) in [6, 6.07) is 7.55. The minimum atomic E-state index is 0.163. The Bertz CT molecular complexity index is 901. The van der Waals surface area contributed by atoms with Crippen LogP contribution in [-0.4, -0.2) is 56.7 Å². The Balaban J connectivity index is 1.33. The maximum Gasteiger partial charge on any atom is 0.225 e. The lowest BCUT2D eigenvalue weighted by molar-refractivity contribution is -0.139. The molecule has 0 saturated carbocycles. The van der Waals surface area contributed by atoms with Crippen molar-refractivity contribution in [1.29, 1.82) is 0 Å². The Morgan fingerprint density at radius 1 is 1.21 bits per heavy atom. The number of carbonyl (C=O) groups excluding carboxylic acids is 1. The van der Waals surface area contributed by atoms with Crippen LogP contribution >= 0.6 is 23.8 Å². The van der Waals surface area contributed by atoms with Crippen LogP contribution in [0.1, 0.15) is 32.6 Å². The van der Waals surface area contributed by atoms with Crippen molar-refractivity contribution in [2.24, 2.45) is 11.8 Å². The van der Waals surface area contributed by atoms with Crippen LogP contribution in [0.4, 0.5) is 0 Å². The third-order valence-electron chi connectivity index (χ3n) is 6.04. The average molecular weight is 434 g/mol. The van der Waals surface area contributed by atoms with Crippen LogP contribution in [0.3, 0.4) is 0 Å². The fourth-order valence-electron chi connectivity index (χ4n) is 4.36. The minimum Gasteiger partial charge on any atom is -0.342 e. The summed E-state index contributed by atoms with van der Waals surface area (Å²) in [7, 11) is 0. The number of nitrogens with one attached hydrogen (secondary N) is 1. The second kappa shape index (κ2) is 8.98. The van der Waals surface area contributed by atoms with Crippen molar-refractivity contribution in [2.45, 2.75) is 39.3 Å². The van der Waals surface area contributed by atoms with Gasteiger partial charge in [-0.15, -0.1) is 0 Å². The summed E-state index contributed by atoms with van der Waals surface area (Å²) in [6.07, 6.45) is 4.20. The van der Waals surface area contributed by atoms with Crippen molar-refractivity contribution in [1.82, 2.24) is 24.6 Å². The molecule has 1 N–H and O–H groups in total. The van der Waals surface area contributed by atoms with Gasteiger partial charge in [-0.3, -0.25) is 14.8 Å². The molecular weight excluding hydrogens is 406 g/mol. The number of hydrogen-bond acceptors (Lipinski definition) is 4. The third kappa shape index (κ3) is 4.90. The van der Waals surface area contributed by atoms with E-state index in [4.69, 9.17) is 23.8 Å². The molecule has 0 radical (unpaired) electrons. The standard InChI is InChI=1S/C21H28ClN5OS/c1-15-3-2-10-26(13-15)20(28)17-8-11-25(12-9-17)14-27-21(29)23-19(24-27)16-4-6-18(22)7-5-16/h4-7,15,17H,2-3,8-14H2,1H3,(H,23,24,29). The Hall–Kier alpha value is -1.70. The van der Waals surface area contributed by atoms with Gasteiger partial charge in [-0.25, -0.2) is 4.68 Å². The number of aromatic amines is 1. The van der Waals surface area contributed by atoms with Crippen LogP contribution in [0, 0.1) is 16.6 Å². The molecule has 8 heteroatoms. The van der Waals surface area contributed by atoms with Crippen molar-refractivity contribution in [2.75, 3.05) is 26.2 Å². The number of halogens is 1.